The maximum Gasteiger partial charge on any atom is 0.115 e. The van der Waals surface area contributed by atoms with Crippen LogP contribution in [0.3, 0.4) is 0 Å². The summed E-state index contributed by atoms with van der Waals surface area (Å²) in [4.78, 5) is 3.84. The second-order valence-corrected chi connectivity index (χ2v) is 1.84. The van der Waals surface area contributed by atoms with Gasteiger partial charge in [0.2, 0.25) is 0 Å². The first-order chi connectivity index (χ1) is 4.47. The Morgan fingerprint density at radius 2 is 2.44 bits per heavy atom. The van der Waals surface area contributed by atoms with Gasteiger partial charge in [-0.3, -0.25) is 4.98 Å². The van der Waals surface area contributed by atoms with Crippen LogP contribution >= 0.6 is 0 Å². The third kappa shape index (κ3) is 0.598. The zero-order valence-corrected chi connectivity index (χ0v) is 4.78. The average molecular weight is 117 g/mol. The predicted octanol–water partition coefficient (Wildman–Crippen LogP) is 1.13. The molecule has 0 saturated heterocycles. The summed E-state index contributed by atoms with van der Waals surface area (Å²) in [6, 6.07) is 3.93. The van der Waals surface area contributed by atoms with Crippen molar-refractivity contribution in [3.05, 3.63) is 36.9 Å². The third-order valence-electron chi connectivity index (χ3n) is 1.26. The molecule has 43 valence electrons. The molecule has 1 radical (unpaired) electrons. The second-order valence-electron chi connectivity index (χ2n) is 1.84. The van der Waals surface area contributed by atoms with Crippen molar-refractivity contribution in [2.75, 3.05) is 0 Å². The molecule has 2 nitrogen and oxygen atoms in total. The van der Waals surface area contributed by atoms with Crippen LogP contribution in [0.2, 0.25) is 0 Å². The van der Waals surface area contributed by atoms with E-state index in [1.807, 2.05) is 28.9 Å². The number of hydrogen-bond donors (Lipinski definition) is 0. The van der Waals surface area contributed by atoms with Crippen LogP contribution in [0, 0.1) is 6.20 Å². The zero-order valence-electron chi connectivity index (χ0n) is 4.78. The Morgan fingerprint density at radius 3 is 3.33 bits per heavy atom. The zero-order chi connectivity index (χ0) is 6.10. The summed E-state index contributed by atoms with van der Waals surface area (Å²) >= 11 is 0. The normalized spacial score (nSPS) is 10.2. The van der Waals surface area contributed by atoms with E-state index >= 15 is 0 Å². The van der Waals surface area contributed by atoms with Crippen molar-refractivity contribution in [3.63, 3.8) is 0 Å². The molecule has 0 aliphatic heterocycles. The molecule has 2 aromatic rings. The maximum absolute atomic E-state index is 3.84. The molecule has 0 aliphatic rings. The summed E-state index contributed by atoms with van der Waals surface area (Å²) in [5.41, 5.74) is 1.01. The van der Waals surface area contributed by atoms with Gasteiger partial charge in [-0.05, 0) is 12.1 Å². The number of rotatable bonds is 0. The van der Waals surface area contributed by atoms with Crippen LogP contribution < -0.4 is 0 Å². The summed E-state index contributed by atoms with van der Waals surface area (Å²) in [7, 11) is 0. The lowest BCUT2D eigenvalue weighted by atomic mass is 10.5. The molecule has 0 saturated carbocycles. The molecule has 0 N–H and O–H groups in total. The topological polar surface area (TPSA) is 17.3 Å². The molecule has 2 heteroatoms. The van der Waals surface area contributed by atoms with Gasteiger partial charge in [-0.15, -0.1) is 0 Å². The predicted molar refractivity (Wildman–Crippen MR) is 34.0 cm³/mol. The van der Waals surface area contributed by atoms with Crippen LogP contribution in [0.15, 0.2) is 30.7 Å². The highest BCUT2D eigenvalue weighted by atomic mass is 14.9. The highest BCUT2D eigenvalue weighted by Crippen LogP contribution is 1.98. The Labute approximate surface area is 52.8 Å². The Balaban J connectivity index is 2.95. The summed E-state index contributed by atoms with van der Waals surface area (Å²) < 4.78 is 1.97. The Kier molecular flexibility index (Phi) is 0.803. The van der Waals surface area contributed by atoms with E-state index in [0.717, 1.165) is 5.52 Å². The van der Waals surface area contributed by atoms with E-state index < -0.39 is 0 Å². The molecule has 0 aromatic carbocycles. The lowest BCUT2D eigenvalue weighted by Gasteiger charge is -1.87. The van der Waals surface area contributed by atoms with Crippen molar-refractivity contribution < 1.29 is 0 Å². The van der Waals surface area contributed by atoms with Crippen LogP contribution in [-0.2, 0) is 0 Å². The van der Waals surface area contributed by atoms with E-state index in [4.69, 9.17) is 0 Å². The number of aromatic nitrogens is 2. The molecule has 0 amide bonds. The number of hydrogen-bond acceptors (Lipinski definition) is 1. The fraction of sp³-hybridized carbons (Fsp3) is 0. The molecular weight excluding hydrogens is 112 g/mol. The summed E-state index contributed by atoms with van der Waals surface area (Å²) in [5.74, 6) is 0. The van der Waals surface area contributed by atoms with Crippen molar-refractivity contribution in [3.8, 4) is 0 Å². The molecule has 0 bridgehead atoms. The maximum atomic E-state index is 3.84. The van der Waals surface area contributed by atoms with Crippen LogP contribution in [0.4, 0.5) is 0 Å². The van der Waals surface area contributed by atoms with E-state index in [2.05, 4.69) is 11.2 Å². The van der Waals surface area contributed by atoms with Gasteiger partial charge in [-0.2, -0.15) is 0 Å². The van der Waals surface area contributed by atoms with Crippen molar-refractivity contribution in [2.45, 2.75) is 0 Å². The minimum Gasteiger partial charge on any atom is -0.320 e. The van der Waals surface area contributed by atoms with Gasteiger partial charge in [0.25, 0.3) is 0 Å². The van der Waals surface area contributed by atoms with E-state index in [9.17, 15) is 0 Å². The van der Waals surface area contributed by atoms with Gasteiger partial charge < -0.3 is 4.40 Å². The first-order valence-corrected chi connectivity index (χ1v) is 2.76. The monoisotopic (exact) mass is 117 g/mol. The van der Waals surface area contributed by atoms with Crippen LogP contribution in [0.1, 0.15) is 0 Å². The van der Waals surface area contributed by atoms with Gasteiger partial charge in [-0.1, -0.05) is 0 Å². The molecule has 0 atom stereocenters. The van der Waals surface area contributed by atoms with Crippen molar-refractivity contribution in [1.82, 2.24) is 9.38 Å². The highest BCUT2D eigenvalue weighted by Gasteiger charge is 1.85. The smallest absolute Gasteiger partial charge is 0.115 e. The molecule has 0 spiro atoms. The van der Waals surface area contributed by atoms with Crippen molar-refractivity contribution in [2.24, 2.45) is 0 Å². The first kappa shape index (κ1) is 4.56. The van der Waals surface area contributed by atoms with Gasteiger partial charge in [0.05, 0.1) is 5.52 Å². The molecular formula is C7H5N2. The van der Waals surface area contributed by atoms with Crippen molar-refractivity contribution >= 4 is 5.52 Å². The van der Waals surface area contributed by atoms with E-state index in [1.165, 1.54) is 0 Å². The SMILES string of the molecule is [c]1nccn2cccc12. The van der Waals surface area contributed by atoms with E-state index in [-0.39, 0.29) is 0 Å². The fourth-order valence-corrected chi connectivity index (χ4v) is 0.827. The average Bonchev–Trinajstić information content (AvgIpc) is 2.33. The number of nitrogens with zero attached hydrogens (tertiary/aromatic N) is 2. The van der Waals surface area contributed by atoms with Gasteiger partial charge in [0, 0.05) is 18.6 Å². The highest BCUT2D eigenvalue weighted by molar-refractivity contribution is 5.42. The molecule has 2 rings (SSSR count). The Hall–Kier alpha value is -1.31. The molecule has 9 heavy (non-hydrogen) atoms. The Morgan fingerprint density at radius 1 is 1.44 bits per heavy atom. The van der Waals surface area contributed by atoms with Crippen LogP contribution in [0.25, 0.3) is 5.52 Å². The standard InChI is InChI=1S/C7H5N2/c1-2-7-6-8-3-5-9(7)4-1/h1-5H. The minimum absolute atomic E-state index is 1.01. The quantitative estimate of drug-likeness (QED) is 0.505. The Bertz CT molecular complexity index is 281. The molecule has 0 unspecified atom stereocenters. The molecule has 0 fully saturated rings. The fourth-order valence-electron chi connectivity index (χ4n) is 0.827. The third-order valence-corrected chi connectivity index (χ3v) is 1.26. The second kappa shape index (κ2) is 1.58. The number of fused-ring (bicyclic) bond motifs is 1. The largest absolute Gasteiger partial charge is 0.320 e. The lowest BCUT2D eigenvalue weighted by molar-refractivity contribution is 1.13. The van der Waals surface area contributed by atoms with Gasteiger partial charge in [-0.25, -0.2) is 0 Å². The molecule has 2 aromatic heterocycles. The van der Waals surface area contributed by atoms with Crippen LogP contribution in [0.5, 0.6) is 0 Å². The van der Waals surface area contributed by atoms with Crippen molar-refractivity contribution in [1.29, 1.82) is 0 Å². The summed E-state index contributed by atoms with van der Waals surface area (Å²) in [6.45, 7) is 0. The van der Waals surface area contributed by atoms with Crippen LogP contribution in [-0.4, -0.2) is 9.38 Å². The lowest BCUT2D eigenvalue weighted by Crippen LogP contribution is -1.80. The molecule has 2 heterocycles. The van der Waals surface area contributed by atoms with E-state index in [1.54, 1.807) is 6.20 Å². The summed E-state index contributed by atoms with van der Waals surface area (Å²) in [6.07, 6.45) is 8.42. The first-order valence-electron chi connectivity index (χ1n) is 2.76. The minimum atomic E-state index is 1.01. The van der Waals surface area contributed by atoms with Gasteiger partial charge in [0.1, 0.15) is 6.20 Å². The van der Waals surface area contributed by atoms with Gasteiger partial charge in [0.15, 0.2) is 0 Å². The van der Waals surface area contributed by atoms with Gasteiger partial charge >= 0.3 is 0 Å². The molecule has 0 aliphatic carbocycles. The summed E-state index contributed by atoms with van der Waals surface area (Å²) in [5, 5.41) is 0. The van der Waals surface area contributed by atoms with E-state index in [0.29, 0.717) is 0 Å².